The van der Waals surface area contributed by atoms with Crippen LogP contribution in [0.1, 0.15) is 44.5 Å². The normalized spacial score (nSPS) is 12.4. The molecule has 5 rings (SSSR count). The highest BCUT2D eigenvalue weighted by Crippen LogP contribution is 2.41. The van der Waals surface area contributed by atoms with Crippen LogP contribution >= 0.6 is 0 Å². The summed E-state index contributed by atoms with van der Waals surface area (Å²) in [6.45, 7) is 0. The lowest BCUT2D eigenvalue weighted by molar-refractivity contribution is -0.386. The van der Waals surface area contributed by atoms with Gasteiger partial charge in [-0.05, 0) is 29.4 Å². The fourth-order valence-corrected chi connectivity index (χ4v) is 5.36. The molecule has 0 aliphatic heterocycles. The van der Waals surface area contributed by atoms with Crippen LogP contribution in [0.2, 0.25) is 0 Å². The molecule has 0 atom stereocenters. The average Bonchev–Trinajstić information content (AvgIpc) is 2.93. The van der Waals surface area contributed by atoms with Crippen LogP contribution in [-0.2, 0) is 25.7 Å². The van der Waals surface area contributed by atoms with E-state index in [2.05, 4.69) is 5.18 Å². The quantitative estimate of drug-likeness (QED) is 0.119. The van der Waals surface area contributed by atoms with Crippen molar-refractivity contribution in [3.63, 3.8) is 0 Å². The number of rotatable bonds is 4. The van der Waals surface area contributed by atoms with Gasteiger partial charge in [-0.1, -0.05) is 0 Å². The SMILES string of the molecule is O=Nc1cc2c(O)c(c1)Cc1cc(O)cc(c1[N+](=O)[O-])Cc1cc([N+](=O)[O-])cc(c1O)Cc1cc([N+](=O)[O-])cc(c1O)C2. The first-order valence-electron chi connectivity index (χ1n) is 12.5. The molecule has 0 heterocycles. The predicted octanol–water partition coefficient (Wildman–Crippen LogP) is 5.31. The van der Waals surface area contributed by atoms with Crippen LogP contribution in [-0.4, -0.2) is 35.2 Å². The molecule has 0 radical (unpaired) electrons. The molecular weight excluding hydrogens is 568 g/mol. The Morgan fingerprint density at radius 2 is 0.837 bits per heavy atom. The zero-order chi connectivity index (χ0) is 31.2. The zero-order valence-corrected chi connectivity index (χ0v) is 21.9. The molecule has 4 N–H and O–H groups in total. The van der Waals surface area contributed by atoms with E-state index in [1.165, 1.54) is 12.1 Å². The van der Waals surface area contributed by atoms with Crippen LogP contribution in [0, 0.1) is 35.3 Å². The molecule has 218 valence electrons. The van der Waals surface area contributed by atoms with E-state index >= 15 is 0 Å². The minimum Gasteiger partial charge on any atom is -0.508 e. The highest BCUT2D eigenvalue weighted by atomic mass is 16.6. The van der Waals surface area contributed by atoms with Gasteiger partial charge < -0.3 is 20.4 Å². The standard InChI is InChI=1S/C28H20N4O11/c33-24-11-13-1-15-5-21(29-37)6-16(26(15)34)3-18-8-23(31(40)41)10-20(28(18)36)4-19-9-22(30(38)39)7-17(27(19)35)2-14(12-24)25(13)32(42)43/h5-12,33-36H,1-4H2. The molecular formula is C28H20N4O11. The summed E-state index contributed by atoms with van der Waals surface area (Å²) in [7, 11) is 0. The number of hydrogen-bond donors (Lipinski definition) is 4. The monoisotopic (exact) mass is 588 g/mol. The van der Waals surface area contributed by atoms with Crippen molar-refractivity contribution in [3.05, 3.63) is 128 Å². The Kier molecular flexibility index (Phi) is 7.07. The number of nitroso groups, excluding NO2 is 1. The third-order valence-corrected chi connectivity index (χ3v) is 7.24. The smallest absolute Gasteiger partial charge is 0.276 e. The molecule has 0 spiro atoms. The van der Waals surface area contributed by atoms with E-state index in [9.17, 15) is 55.7 Å². The van der Waals surface area contributed by atoms with Gasteiger partial charge in [0.25, 0.3) is 17.1 Å². The highest BCUT2D eigenvalue weighted by Gasteiger charge is 2.27. The average molecular weight is 588 g/mol. The molecule has 0 fully saturated rings. The molecule has 0 saturated carbocycles. The fourth-order valence-electron chi connectivity index (χ4n) is 5.36. The van der Waals surface area contributed by atoms with Crippen molar-refractivity contribution in [2.24, 2.45) is 5.18 Å². The Morgan fingerprint density at radius 1 is 0.512 bits per heavy atom. The summed E-state index contributed by atoms with van der Waals surface area (Å²) in [6.07, 6.45) is -1.64. The van der Waals surface area contributed by atoms with E-state index in [0.717, 1.165) is 36.4 Å². The van der Waals surface area contributed by atoms with E-state index in [1.807, 2.05) is 0 Å². The Hall–Kier alpha value is -6.12. The number of hydrogen-bond acceptors (Lipinski definition) is 12. The van der Waals surface area contributed by atoms with Crippen LogP contribution in [0.5, 0.6) is 23.0 Å². The molecule has 4 aromatic rings. The number of benzene rings is 4. The van der Waals surface area contributed by atoms with Crippen LogP contribution in [0.15, 0.2) is 53.7 Å². The molecule has 1 aliphatic carbocycles. The van der Waals surface area contributed by atoms with Gasteiger partial charge in [-0.25, -0.2) is 0 Å². The van der Waals surface area contributed by atoms with E-state index in [-0.39, 0.29) is 56.6 Å². The first-order chi connectivity index (χ1) is 20.4. The molecule has 1 aliphatic rings. The Labute approximate surface area is 240 Å². The number of phenols is 4. The molecule has 15 heteroatoms. The molecule has 0 saturated heterocycles. The molecule has 15 nitrogen and oxygen atoms in total. The van der Waals surface area contributed by atoms with Gasteiger partial charge >= 0.3 is 0 Å². The second kappa shape index (κ2) is 10.7. The van der Waals surface area contributed by atoms with Crippen LogP contribution in [0.25, 0.3) is 0 Å². The van der Waals surface area contributed by atoms with Crippen molar-refractivity contribution in [2.45, 2.75) is 25.7 Å². The first-order valence-corrected chi connectivity index (χ1v) is 12.5. The van der Waals surface area contributed by atoms with Gasteiger partial charge in [-0.2, -0.15) is 0 Å². The number of nitro benzene ring substituents is 3. The summed E-state index contributed by atoms with van der Waals surface area (Å²) in [5.41, 5.74) is -2.24. The molecule has 43 heavy (non-hydrogen) atoms. The molecule has 0 aromatic heterocycles. The van der Waals surface area contributed by atoms with Crippen molar-refractivity contribution in [3.8, 4) is 23.0 Å². The third-order valence-electron chi connectivity index (χ3n) is 7.24. The lowest BCUT2D eigenvalue weighted by Gasteiger charge is -2.17. The Morgan fingerprint density at radius 3 is 1.14 bits per heavy atom. The Bertz CT molecular complexity index is 1890. The summed E-state index contributed by atoms with van der Waals surface area (Å²) < 4.78 is 0. The molecule has 0 amide bonds. The number of nitro groups is 3. The zero-order valence-electron chi connectivity index (χ0n) is 21.9. The van der Waals surface area contributed by atoms with Crippen molar-refractivity contribution in [1.82, 2.24) is 0 Å². The first kappa shape index (κ1) is 28.4. The lowest BCUT2D eigenvalue weighted by Crippen LogP contribution is -2.05. The highest BCUT2D eigenvalue weighted by molar-refractivity contribution is 5.63. The van der Waals surface area contributed by atoms with E-state index < -0.39 is 74.1 Å². The molecule has 0 unspecified atom stereocenters. The summed E-state index contributed by atoms with van der Waals surface area (Å²) in [4.78, 5) is 45.1. The number of non-ortho nitro benzene ring substituents is 2. The summed E-state index contributed by atoms with van der Waals surface area (Å²) in [5, 5.41) is 82.6. The molecule has 4 aromatic carbocycles. The molecule has 8 bridgehead atoms. The van der Waals surface area contributed by atoms with Crippen molar-refractivity contribution < 1.29 is 35.2 Å². The predicted molar refractivity (Wildman–Crippen MR) is 149 cm³/mol. The number of fused-ring (bicyclic) bond motifs is 8. The topological polar surface area (TPSA) is 240 Å². The summed E-state index contributed by atoms with van der Waals surface area (Å²) in [5.74, 6) is -1.79. The minimum atomic E-state index is -0.750. The van der Waals surface area contributed by atoms with Gasteiger partial charge in [0.1, 0.15) is 28.7 Å². The largest absolute Gasteiger partial charge is 0.508 e. The van der Waals surface area contributed by atoms with Gasteiger partial charge in [0, 0.05) is 94.5 Å². The maximum atomic E-state index is 12.3. The van der Waals surface area contributed by atoms with E-state index in [0.29, 0.717) is 0 Å². The van der Waals surface area contributed by atoms with Gasteiger partial charge in [0.05, 0.1) is 14.8 Å². The van der Waals surface area contributed by atoms with Gasteiger partial charge in [-0.3, -0.25) is 30.3 Å². The second-order valence-electron chi connectivity index (χ2n) is 10.0. The van der Waals surface area contributed by atoms with Gasteiger partial charge in [0.2, 0.25) is 0 Å². The number of phenolic OH excluding ortho intramolecular Hbond substituents is 4. The summed E-state index contributed by atoms with van der Waals surface area (Å²) >= 11 is 0. The minimum absolute atomic E-state index is 0.00412. The van der Waals surface area contributed by atoms with E-state index in [1.54, 1.807) is 0 Å². The van der Waals surface area contributed by atoms with Crippen LogP contribution in [0.4, 0.5) is 22.7 Å². The Balaban J connectivity index is 1.87. The number of nitrogens with zero attached hydrogens (tertiary/aromatic N) is 4. The van der Waals surface area contributed by atoms with Crippen LogP contribution in [0.3, 0.4) is 0 Å². The van der Waals surface area contributed by atoms with Gasteiger partial charge in [0.15, 0.2) is 0 Å². The number of aromatic hydroxyl groups is 4. The summed E-state index contributed by atoms with van der Waals surface area (Å²) in [6, 6.07) is 8.62. The maximum absolute atomic E-state index is 12.3. The van der Waals surface area contributed by atoms with E-state index in [4.69, 9.17) is 0 Å². The second-order valence-corrected chi connectivity index (χ2v) is 10.0. The van der Waals surface area contributed by atoms with Crippen molar-refractivity contribution >= 4 is 22.7 Å². The van der Waals surface area contributed by atoms with Crippen molar-refractivity contribution in [2.75, 3.05) is 0 Å². The van der Waals surface area contributed by atoms with Gasteiger partial charge in [-0.15, -0.1) is 4.91 Å². The van der Waals surface area contributed by atoms with Crippen molar-refractivity contribution in [1.29, 1.82) is 0 Å². The van der Waals surface area contributed by atoms with Crippen LogP contribution < -0.4 is 0 Å². The lowest BCUT2D eigenvalue weighted by atomic mass is 9.90. The fraction of sp³-hybridized carbons (Fsp3) is 0.143. The maximum Gasteiger partial charge on any atom is 0.276 e. The third kappa shape index (κ3) is 5.33.